The van der Waals surface area contributed by atoms with Crippen LogP contribution in [0.3, 0.4) is 0 Å². The highest BCUT2D eigenvalue weighted by Gasteiger charge is 2.29. The second-order valence-corrected chi connectivity index (χ2v) is 21.0. The van der Waals surface area contributed by atoms with E-state index in [1.54, 1.807) is 121 Å². The molecule has 2 aliphatic carbocycles. The van der Waals surface area contributed by atoms with Crippen molar-refractivity contribution in [3.8, 4) is 22.6 Å². The van der Waals surface area contributed by atoms with Crippen LogP contribution in [0.5, 0.6) is 11.5 Å². The summed E-state index contributed by atoms with van der Waals surface area (Å²) in [6.07, 6.45) is 12.3. The fourth-order valence-corrected chi connectivity index (χ4v) is 11.3. The Kier molecular flexibility index (Phi) is 19.2. The molecule has 0 spiro atoms. The number of benzene rings is 6. The summed E-state index contributed by atoms with van der Waals surface area (Å²) in [7, 11) is 0. The summed E-state index contributed by atoms with van der Waals surface area (Å²) in [5.74, 6) is -1.06. The van der Waals surface area contributed by atoms with E-state index in [1.807, 2.05) is 38.1 Å². The van der Waals surface area contributed by atoms with E-state index in [0.29, 0.717) is 78.9 Å². The number of carbonyl (C=O) groups excluding carboxylic acids is 4. The van der Waals surface area contributed by atoms with Gasteiger partial charge < -0.3 is 29.3 Å². The van der Waals surface area contributed by atoms with Gasteiger partial charge in [-0.1, -0.05) is 93.8 Å². The summed E-state index contributed by atoms with van der Waals surface area (Å²) < 4.78 is 51.7. The van der Waals surface area contributed by atoms with Crippen molar-refractivity contribution in [2.24, 2.45) is 11.8 Å². The molecule has 2 aliphatic rings. The van der Waals surface area contributed by atoms with Gasteiger partial charge in [0.1, 0.15) is 23.8 Å². The Bertz CT molecular complexity index is 3020. The number of rotatable bonds is 17. The number of ether oxygens (including phenoxy) is 2. The number of halogens is 2. The minimum atomic E-state index is -0.813. The molecule has 8 rings (SSSR count). The van der Waals surface area contributed by atoms with E-state index in [1.165, 1.54) is 12.2 Å². The third kappa shape index (κ3) is 15.0. The van der Waals surface area contributed by atoms with Crippen LogP contribution in [0.4, 0.5) is 20.2 Å². The Labute approximate surface area is 452 Å². The molecule has 394 valence electrons. The highest BCUT2D eigenvalue weighted by Crippen LogP contribution is 2.42. The molecule has 0 bridgehead atoms. The van der Waals surface area contributed by atoms with E-state index in [0.717, 1.165) is 86.6 Å². The van der Waals surface area contributed by atoms with Crippen molar-refractivity contribution in [3.05, 3.63) is 179 Å². The monoisotopic (exact) mass is 1060 g/mol. The van der Waals surface area contributed by atoms with Gasteiger partial charge in [-0.15, -0.1) is 0 Å². The van der Waals surface area contributed by atoms with E-state index < -0.39 is 36.2 Å². The first-order valence-corrected chi connectivity index (χ1v) is 27.4. The number of hydrogen-bond donors (Lipinski definition) is 2. The van der Waals surface area contributed by atoms with Crippen LogP contribution in [-0.2, 0) is 18.0 Å². The van der Waals surface area contributed by atoms with Gasteiger partial charge in [0.25, 0.3) is 0 Å². The number of nitrogen functional groups attached to an aromatic ring is 2. The van der Waals surface area contributed by atoms with E-state index in [-0.39, 0.29) is 23.7 Å². The minimum absolute atomic E-state index is 0.0571. The molecule has 0 heterocycles. The topological polar surface area (TPSA) is 157 Å². The number of alkyl halides is 2. The summed E-state index contributed by atoms with van der Waals surface area (Å²) in [6.45, 7) is 4.09. The molecule has 10 nitrogen and oxygen atoms in total. The lowest BCUT2D eigenvalue weighted by atomic mass is 9.86. The maximum Gasteiger partial charge on any atom is 0.343 e. The van der Waals surface area contributed by atoms with Gasteiger partial charge >= 0.3 is 23.9 Å². The lowest BCUT2D eigenvalue weighted by Crippen LogP contribution is -2.15. The van der Waals surface area contributed by atoms with Crippen molar-refractivity contribution in [2.45, 2.75) is 112 Å². The molecule has 0 radical (unpaired) electrons. The van der Waals surface area contributed by atoms with Gasteiger partial charge in [0.15, 0.2) is 0 Å². The predicted molar refractivity (Wildman–Crippen MR) is 298 cm³/mol. The number of anilines is 2. The van der Waals surface area contributed by atoms with Crippen molar-refractivity contribution in [3.63, 3.8) is 0 Å². The van der Waals surface area contributed by atoms with Gasteiger partial charge in [-0.2, -0.15) is 0 Å². The molecule has 0 aromatic heterocycles. The van der Waals surface area contributed by atoms with Crippen LogP contribution in [-0.4, -0.2) is 36.2 Å². The fourth-order valence-electron chi connectivity index (χ4n) is 9.93. The molecule has 14 heteroatoms. The summed E-state index contributed by atoms with van der Waals surface area (Å²) in [4.78, 5) is 52.9. The van der Waals surface area contributed by atoms with Crippen molar-refractivity contribution >= 4 is 71.5 Å². The van der Waals surface area contributed by atoms with Gasteiger partial charge in [0.2, 0.25) is 0 Å². The van der Waals surface area contributed by atoms with Crippen LogP contribution < -0.4 is 20.9 Å². The molecule has 2 saturated carbocycles. The van der Waals surface area contributed by atoms with Crippen molar-refractivity contribution in [2.75, 3.05) is 11.5 Å². The van der Waals surface area contributed by atoms with E-state index in [4.69, 9.17) is 29.3 Å². The molecule has 6 aromatic carbocycles. The van der Waals surface area contributed by atoms with Crippen LogP contribution >= 0.6 is 24.1 Å². The third-order valence-corrected chi connectivity index (χ3v) is 15.8. The molecule has 4 N–H and O–H groups in total. The molecule has 6 aromatic rings. The average Bonchev–Trinajstić information content (AvgIpc) is 3.75. The standard InChI is InChI=1S/C62H62F2N2O8S2/c1-3-41-7-5-8-48(36-56(41)64)44-19-23-46(24-20-44)62(70)72-52-29-13-40(14-30-52)16-34-60(68)74-76-58-38-50(66)26-32-54(58)53-31-25-49(65)37-57(53)75-73-59(67)33-15-39-11-27-51(28-12-39)71-61(69)45-21-17-43(18-22-45)47-9-6-10-55(63)42(4-2)35-47/h11-34,37-38,41-42,47-48,55-56H,3-10,35-36,65-66H2,1-2H3/b33-15+,34-16+/t41-,42?,47?,48?,55?,56?/m1/s1. The predicted octanol–water partition coefficient (Wildman–Crippen LogP) is 15.5. The summed E-state index contributed by atoms with van der Waals surface area (Å²) >= 11 is 1.64. The van der Waals surface area contributed by atoms with Crippen molar-refractivity contribution in [1.29, 1.82) is 0 Å². The van der Waals surface area contributed by atoms with Gasteiger partial charge in [-0.25, -0.2) is 28.0 Å². The first kappa shape index (κ1) is 55.1. The zero-order valence-corrected chi connectivity index (χ0v) is 44.2. The highest BCUT2D eigenvalue weighted by atomic mass is 32.2. The van der Waals surface area contributed by atoms with Gasteiger partial charge in [0, 0.05) is 34.7 Å². The quantitative estimate of drug-likeness (QED) is 0.0223. The SMILES string of the molecule is CCC1CC(c2ccc(C(=O)Oc3ccc(/C=C/C(=O)OSc4cc(N)ccc4-c4ccc(N)cc4SOC(=O)/C=C/c4ccc(OC(=O)c5ccc(C6CCC[C@@H](CC)C(F)C6)cc5)cc4)cc3)cc2)CCCC1F. The Morgan fingerprint density at radius 1 is 0.526 bits per heavy atom. The summed E-state index contributed by atoms with van der Waals surface area (Å²) in [5, 5.41) is 0. The average molecular weight is 1070 g/mol. The number of hydrogen-bond acceptors (Lipinski definition) is 12. The van der Waals surface area contributed by atoms with E-state index in [9.17, 15) is 28.0 Å². The van der Waals surface area contributed by atoms with E-state index >= 15 is 0 Å². The highest BCUT2D eigenvalue weighted by molar-refractivity contribution is 7.95. The fraction of sp³-hybridized carbons (Fsp3) is 0.290. The van der Waals surface area contributed by atoms with Gasteiger partial charge in [-0.3, -0.25) is 0 Å². The smallest absolute Gasteiger partial charge is 0.343 e. The molecular weight excluding hydrogens is 1000 g/mol. The Balaban J connectivity index is 0.809. The first-order valence-electron chi connectivity index (χ1n) is 25.9. The molecule has 6 atom stereocenters. The zero-order chi connectivity index (χ0) is 53.6. The first-order chi connectivity index (χ1) is 36.8. The Hall–Kier alpha value is -7.16. The Morgan fingerprint density at radius 3 is 1.41 bits per heavy atom. The number of carbonyl (C=O) groups is 4. The van der Waals surface area contributed by atoms with E-state index in [2.05, 4.69) is 0 Å². The molecular formula is C62H62F2N2O8S2. The largest absolute Gasteiger partial charge is 0.423 e. The van der Waals surface area contributed by atoms with Crippen LogP contribution in [0, 0.1) is 11.8 Å². The number of esters is 2. The third-order valence-electron chi connectivity index (χ3n) is 14.3. The van der Waals surface area contributed by atoms with Crippen LogP contribution in [0.15, 0.2) is 155 Å². The molecule has 5 unspecified atom stereocenters. The second-order valence-electron chi connectivity index (χ2n) is 19.4. The van der Waals surface area contributed by atoms with Crippen molar-refractivity contribution < 1.29 is 45.8 Å². The molecule has 0 saturated heterocycles. The van der Waals surface area contributed by atoms with Crippen molar-refractivity contribution in [1.82, 2.24) is 0 Å². The zero-order valence-electron chi connectivity index (χ0n) is 42.5. The lowest BCUT2D eigenvalue weighted by molar-refractivity contribution is -0.128. The lowest BCUT2D eigenvalue weighted by Gasteiger charge is -2.21. The molecule has 0 amide bonds. The Morgan fingerprint density at radius 2 is 0.961 bits per heavy atom. The molecule has 2 fully saturated rings. The van der Waals surface area contributed by atoms with Gasteiger partial charge in [0.05, 0.1) is 45.0 Å². The second kappa shape index (κ2) is 26.6. The summed E-state index contributed by atoms with van der Waals surface area (Å²) in [5.41, 5.74) is 18.7. The van der Waals surface area contributed by atoms with Crippen LogP contribution in [0.25, 0.3) is 23.3 Å². The maximum atomic E-state index is 14.8. The summed E-state index contributed by atoms with van der Waals surface area (Å²) in [6, 6.07) is 38.3. The molecule has 76 heavy (non-hydrogen) atoms. The maximum absolute atomic E-state index is 14.8. The minimum Gasteiger partial charge on any atom is -0.423 e. The molecule has 0 aliphatic heterocycles. The normalized spacial score (nSPS) is 19.8. The van der Waals surface area contributed by atoms with Crippen LogP contribution in [0.1, 0.15) is 133 Å². The van der Waals surface area contributed by atoms with Crippen LogP contribution in [0.2, 0.25) is 0 Å². The van der Waals surface area contributed by atoms with Gasteiger partial charge in [-0.05, 0) is 176 Å². The number of nitrogens with two attached hydrogens (primary N) is 2.